The number of ether oxygens (including phenoxy) is 3. The van der Waals surface area contributed by atoms with Gasteiger partial charge in [-0.1, -0.05) is 6.92 Å². The minimum absolute atomic E-state index is 0.106. The van der Waals surface area contributed by atoms with Gasteiger partial charge in [-0.25, -0.2) is 13.2 Å². The Morgan fingerprint density at radius 1 is 1.06 bits per heavy atom. The molecule has 16 heteroatoms. The van der Waals surface area contributed by atoms with Crippen molar-refractivity contribution in [2.75, 3.05) is 13.2 Å². The number of hydrogen-bond donors (Lipinski definition) is 0. The van der Waals surface area contributed by atoms with E-state index < -0.39 is 50.6 Å². The molecule has 0 saturated heterocycles. The topological polar surface area (TPSA) is 119 Å². The van der Waals surface area contributed by atoms with Crippen LogP contribution in [0.25, 0.3) is 0 Å². The zero-order valence-electron chi connectivity index (χ0n) is 17.7. The summed E-state index contributed by atoms with van der Waals surface area (Å²) in [5.74, 6) is -2.23. The first kappa shape index (κ1) is 31.0. The molecule has 1 aromatic carbocycles. The lowest BCUT2D eigenvalue weighted by molar-refractivity contribution is -0.248. The molecule has 1 unspecified atom stereocenters. The second kappa shape index (κ2) is 11.4. The van der Waals surface area contributed by atoms with Crippen LogP contribution < -0.4 is 4.74 Å². The second-order valence-corrected chi connectivity index (χ2v) is 11.1. The van der Waals surface area contributed by atoms with Gasteiger partial charge in [-0.15, -0.1) is 0 Å². The van der Waals surface area contributed by atoms with Gasteiger partial charge < -0.3 is 18.8 Å². The highest BCUT2D eigenvalue weighted by molar-refractivity contribution is 14.1. The van der Waals surface area contributed by atoms with Crippen LogP contribution in [-0.2, 0) is 24.4 Å². The fourth-order valence-corrected chi connectivity index (χ4v) is 4.59. The monoisotopic (exact) mass is 743 g/mol. The second-order valence-electron chi connectivity index (χ2n) is 7.33. The molecule has 1 rings (SSSR count). The lowest BCUT2D eigenvalue weighted by Gasteiger charge is -2.29. The van der Waals surface area contributed by atoms with Gasteiger partial charge in [0.2, 0.25) is 0 Å². The molecular formula is C18H18F5I2O8S-. The lowest BCUT2D eigenvalue weighted by Crippen LogP contribution is -2.52. The van der Waals surface area contributed by atoms with Crippen molar-refractivity contribution in [3.8, 4) is 5.75 Å². The van der Waals surface area contributed by atoms with E-state index in [1.807, 2.05) is 6.92 Å². The number of carbonyl (C=O) groups is 2. The third kappa shape index (κ3) is 7.74. The Bertz CT molecular complexity index is 1000. The molecule has 0 amide bonds. The minimum Gasteiger partial charge on any atom is -0.743 e. The molecule has 0 aliphatic carbocycles. The molecule has 0 spiro atoms. The molecule has 1 atom stereocenters. The predicted octanol–water partition coefficient (Wildman–Crippen LogP) is 4.48. The number of rotatable bonds is 10. The molecule has 194 valence electrons. The first-order chi connectivity index (χ1) is 15.3. The van der Waals surface area contributed by atoms with Gasteiger partial charge in [0.25, 0.3) is 6.10 Å². The molecule has 0 N–H and O–H groups in total. The summed E-state index contributed by atoms with van der Waals surface area (Å²) >= 11 is 3.29. The van der Waals surface area contributed by atoms with Crippen molar-refractivity contribution < 1.29 is 58.7 Å². The number of esters is 2. The standard InChI is InChI=1S/C18H19F5I2O8S/c1-4-16(2,3)15(27)32-6-5-31-12-10(24)7-9(8-11(12)25)13(26)33-14(17(19,20)21)18(22,23)34(28,29)30/h7-8,14H,4-6H2,1-3H3,(H,28,29,30)/p-1. The van der Waals surface area contributed by atoms with E-state index in [0.717, 1.165) is 12.1 Å². The highest BCUT2D eigenvalue weighted by atomic mass is 127. The molecule has 1 aromatic rings. The SMILES string of the molecule is CCC(C)(C)C(=O)OCCOc1c(I)cc(C(=O)OC(C(F)(F)F)C(F)(F)S(=O)(=O)[O-])cc1I. The summed E-state index contributed by atoms with van der Waals surface area (Å²) in [4.78, 5) is 24.0. The number of alkyl halides is 5. The van der Waals surface area contributed by atoms with Gasteiger partial charge in [-0.05, 0) is 77.6 Å². The van der Waals surface area contributed by atoms with Gasteiger partial charge in [0.05, 0.1) is 18.1 Å². The molecule has 0 aliphatic heterocycles. The molecule has 8 nitrogen and oxygen atoms in total. The summed E-state index contributed by atoms with van der Waals surface area (Å²) in [6, 6.07) is 1.90. The summed E-state index contributed by atoms with van der Waals surface area (Å²) in [6.07, 6.45) is -10.0. The van der Waals surface area contributed by atoms with Crippen LogP contribution in [0.4, 0.5) is 22.0 Å². The summed E-state index contributed by atoms with van der Waals surface area (Å²) in [5.41, 5.74) is -1.33. The van der Waals surface area contributed by atoms with Crippen molar-refractivity contribution in [2.45, 2.75) is 44.7 Å². The summed E-state index contributed by atoms with van der Waals surface area (Å²) in [7, 11) is -6.81. The van der Waals surface area contributed by atoms with Crippen molar-refractivity contribution >= 4 is 67.2 Å². The van der Waals surface area contributed by atoms with Crippen LogP contribution in [0.3, 0.4) is 0 Å². The summed E-state index contributed by atoms with van der Waals surface area (Å²) < 4.78 is 112. The maximum atomic E-state index is 13.6. The number of halogens is 7. The Kier molecular flexibility index (Phi) is 10.4. The van der Waals surface area contributed by atoms with Crippen molar-refractivity contribution in [2.24, 2.45) is 5.41 Å². The van der Waals surface area contributed by atoms with Crippen LogP contribution in [-0.4, -0.2) is 55.7 Å². The van der Waals surface area contributed by atoms with E-state index >= 15 is 0 Å². The van der Waals surface area contributed by atoms with E-state index in [0.29, 0.717) is 6.42 Å². The van der Waals surface area contributed by atoms with E-state index in [1.54, 1.807) is 59.0 Å². The first-order valence-electron chi connectivity index (χ1n) is 9.15. The van der Waals surface area contributed by atoms with Gasteiger partial charge in [0.1, 0.15) is 19.0 Å². The van der Waals surface area contributed by atoms with Crippen LogP contribution in [0.2, 0.25) is 0 Å². The molecule has 0 heterocycles. The van der Waals surface area contributed by atoms with Crippen molar-refractivity contribution in [3.63, 3.8) is 0 Å². The van der Waals surface area contributed by atoms with Crippen molar-refractivity contribution in [1.82, 2.24) is 0 Å². The van der Waals surface area contributed by atoms with Gasteiger partial charge in [-0.2, -0.15) is 22.0 Å². The Morgan fingerprint density at radius 3 is 1.97 bits per heavy atom. The van der Waals surface area contributed by atoms with Crippen molar-refractivity contribution in [1.29, 1.82) is 0 Å². The number of carbonyl (C=O) groups excluding carboxylic acids is 2. The Labute approximate surface area is 218 Å². The third-order valence-electron chi connectivity index (χ3n) is 4.39. The molecule has 0 radical (unpaired) electrons. The first-order valence-corrected chi connectivity index (χ1v) is 12.7. The Morgan fingerprint density at radius 2 is 1.56 bits per heavy atom. The van der Waals surface area contributed by atoms with E-state index in [4.69, 9.17) is 9.47 Å². The Balaban J connectivity index is 3.00. The third-order valence-corrected chi connectivity index (χ3v) is 6.88. The largest absolute Gasteiger partial charge is 0.743 e. The quantitative estimate of drug-likeness (QED) is 0.113. The molecular weight excluding hydrogens is 725 g/mol. The molecule has 0 aliphatic rings. The van der Waals surface area contributed by atoms with Crippen LogP contribution >= 0.6 is 45.2 Å². The predicted molar refractivity (Wildman–Crippen MR) is 122 cm³/mol. The zero-order chi connectivity index (χ0) is 26.7. The van der Waals surface area contributed by atoms with Crippen molar-refractivity contribution in [3.05, 3.63) is 24.8 Å². The lowest BCUT2D eigenvalue weighted by atomic mass is 9.91. The number of benzene rings is 1. The maximum absolute atomic E-state index is 13.6. The van der Waals surface area contributed by atoms with Crippen LogP contribution in [0.1, 0.15) is 37.6 Å². The van der Waals surface area contributed by atoms with Crippen LogP contribution in [0.5, 0.6) is 5.75 Å². The van der Waals surface area contributed by atoms with E-state index in [2.05, 4.69) is 4.74 Å². The smallest absolute Gasteiger partial charge is 0.432 e. The van der Waals surface area contributed by atoms with Gasteiger partial charge in [0, 0.05) is 0 Å². The minimum atomic E-state index is -6.81. The molecule has 34 heavy (non-hydrogen) atoms. The fourth-order valence-electron chi connectivity index (χ4n) is 2.07. The van der Waals surface area contributed by atoms with Crippen LogP contribution in [0.15, 0.2) is 12.1 Å². The molecule has 0 saturated carbocycles. The molecule has 0 aromatic heterocycles. The van der Waals surface area contributed by atoms with Gasteiger partial charge in [0.15, 0.2) is 10.1 Å². The van der Waals surface area contributed by atoms with Gasteiger partial charge in [-0.3, -0.25) is 4.79 Å². The molecule has 0 fully saturated rings. The Hall–Kier alpha value is -1.02. The van der Waals surface area contributed by atoms with Crippen LogP contribution in [0, 0.1) is 12.6 Å². The average molecular weight is 743 g/mol. The highest BCUT2D eigenvalue weighted by Gasteiger charge is 2.63. The number of hydrogen-bond acceptors (Lipinski definition) is 8. The highest BCUT2D eigenvalue weighted by Crippen LogP contribution is 2.39. The zero-order valence-corrected chi connectivity index (χ0v) is 22.8. The summed E-state index contributed by atoms with van der Waals surface area (Å²) in [6.45, 7) is 4.99. The average Bonchev–Trinajstić information content (AvgIpc) is 2.68. The summed E-state index contributed by atoms with van der Waals surface area (Å²) in [5, 5.41) is -5.95. The molecule has 0 bridgehead atoms. The van der Waals surface area contributed by atoms with Gasteiger partial charge >= 0.3 is 23.4 Å². The van der Waals surface area contributed by atoms with E-state index in [1.165, 1.54) is 0 Å². The van der Waals surface area contributed by atoms with E-state index in [9.17, 15) is 44.5 Å². The fraction of sp³-hybridized carbons (Fsp3) is 0.556. The van der Waals surface area contributed by atoms with E-state index in [-0.39, 0.29) is 26.1 Å². The normalized spacial score (nSPS) is 13.9. The maximum Gasteiger partial charge on any atom is 0.432 e.